The van der Waals surface area contributed by atoms with E-state index in [1.807, 2.05) is 18.6 Å². The minimum Gasteiger partial charge on any atom is -0.345 e. The highest BCUT2D eigenvalue weighted by atomic mass is 79.9. The number of hydrogen-bond acceptors (Lipinski definition) is 3. The zero-order valence-electron chi connectivity index (χ0n) is 8.61. The number of hydrogen-bond donors (Lipinski definition) is 1. The quantitative estimate of drug-likeness (QED) is 0.944. The summed E-state index contributed by atoms with van der Waals surface area (Å²) in [5, 5.41) is 5.62. The molecule has 1 N–H and O–H groups in total. The number of aromatic nitrogens is 2. The van der Waals surface area contributed by atoms with Gasteiger partial charge in [-0.15, -0.1) is 11.3 Å². The summed E-state index contributed by atoms with van der Waals surface area (Å²) in [4.78, 5) is 15.9. The first-order chi connectivity index (χ1) is 7.66. The molecule has 2 rings (SSSR count). The van der Waals surface area contributed by atoms with Crippen molar-refractivity contribution in [3.05, 3.63) is 39.0 Å². The fourth-order valence-corrected chi connectivity index (χ4v) is 2.42. The smallest absolute Gasteiger partial charge is 0.268 e. The number of nitrogens with one attached hydrogen (secondary N) is 1. The molecule has 0 bridgehead atoms. The number of carbonyl (C=O) groups is 1. The summed E-state index contributed by atoms with van der Waals surface area (Å²) in [6.45, 7) is 0.472. The zero-order valence-corrected chi connectivity index (χ0v) is 11.0. The summed E-state index contributed by atoms with van der Waals surface area (Å²) >= 11 is 4.86. The molecule has 6 heteroatoms. The van der Waals surface area contributed by atoms with E-state index >= 15 is 0 Å². The molecule has 16 heavy (non-hydrogen) atoms. The maximum Gasteiger partial charge on any atom is 0.268 e. The van der Waals surface area contributed by atoms with Crippen LogP contribution in [0, 0.1) is 0 Å². The Kier molecular flexibility index (Phi) is 3.40. The van der Waals surface area contributed by atoms with Crippen LogP contribution in [0.2, 0.25) is 0 Å². The van der Waals surface area contributed by atoms with Gasteiger partial charge in [0.15, 0.2) is 0 Å². The standard InChI is InChI=1S/C10H10BrN3OS/c1-14-6-7(11)4-8(14)10(15)13-5-9-12-2-3-16-9/h2-4,6H,5H2,1H3,(H,13,15). The van der Waals surface area contributed by atoms with E-state index in [1.165, 1.54) is 11.3 Å². The summed E-state index contributed by atoms with van der Waals surface area (Å²) in [6.07, 6.45) is 3.57. The molecule has 0 radical (unpaired) electrons. The van der Waals surface area contributed by atoms with Crippen LogP contribution in [-0.4, -0.2) is 15.5 Å². The van der Waals surface area contributed by atoms with Crippen LogP contribution in [0.1, 0.15) is 15.5 Å². The van der Waals surface area contributed by atoms with Gasteiger partial charge in [0.25, 0.3) is 5.91 Å². The van der Waals surface area contributed by atoms with E-state index in [2.05, 4.69) is 26.2 Å². The molecule has 0 unspecified atom stereocenters. The van der Waals surface area contributed by atoms with Crippen molar-refractivity contribution in [3.63, 3.8) is 0 Å². The lowest BCUT2D eigenvalue weighted by atomic mass is 10.4. The first kappa shape index (κ1) is 11.3. The van der Waals surface area contributed by atoms with Gasteiger partial charge in [-0.25, -0.2) is 4.98 Å². The molecule has 2 aromatic heterocycles. The molecule has 0 fully saturated rings. The molecular weight excluding hydrogens is 290 g/mol. The zero-order chi connectivity index (χ0) is 11.5. The Bertz CT molecular complexity index is 492. The normalized spacial score (nSPS) is 10.4. The van der Waals surface area contributed by atoms with Gasteiger partial charge in [-0.1, -0.05) is 0 Å². The molecule has 0 saturated carbocycles. The lowest BCUT2D eigenvalue weighted by Crippen LogP contribution is -2.24. The van der Waals surface area contributed by atoms with Crippen LogP contribution < -0.4 is 5.32 Å². The first-order valence-electron chi connectivity index (χ1n) is 4.65. The molecule has 0 aromatic carbocycles. The number of halogens is 1. The van der Waals surface area contributed by atoms with Crippen molar-refractivity contribution in [1.82, 2.24) is 14.9 Å². The largest absolute Gasteiger partial charge is 0.345 e. The second-order valence-corrected chi connectivity index (χ2v) is 5.16. The third-order valence-electron chi connectivity index (χ3n) is 2.09. The average molecular weight is 300 g/mol. The van der Waals surface area contributed by atoms with Crippen LogP contribution in [0.5, 0.6) is 0 Å². The van der Waals surface area contributed by atoms with E-state index in [-0.39, 0.29) is 5.91 Å². The van der Waals surface area contributed by atoms with Gasteiger partial charge in [-0.05, 0) is 22.0 Å². The van der Waals surface area contributed by atoms with Crippen molar-refractivity contribution in [2.45, 2.75) is 6.54 Å². The Morgan fingerprint density at radius 2 is 2.50 bits per heavy atom. The fraction of sp³-hybridized carbons (Fsp3) is 0.200. The van der Waals surface area contributed by atoms with E-state index in [9.17, 15) is 4.79 Å². The Morgan fingerprint density at radius 1 is 1.69 bits per heavy atom. The van der Waals surface area contributed by atoms with Gasteiger partial charge in [0.2, 0.25) is 0 Å². The molecule has 0 spiro atoms. The monoisotopic (exact) mass is 299 g/mol. The molecule has 0 aliphatic carbocycles. The summed E-state index contributed by atoms with van der Waals surface area (Å²) in [6, 6.07) is 1.79. The Hall–Kier alpha value is -1.14. The topological polar surface area (TPSA) is 46.9 Å². The highest BCUT2D eigenvalue weighted by Crippen LogP contribution is 2.13. The maximum atomic E-state index is 11.8. The summed E-state index contributed by atoms with van der Waals surface area (Å²) in [7, 11) is 1.84. The fourth-order valence-electron chi connectivity index (χ4n) is 1.34. The van der Waals surface area contributed by atoms with Crippen LogP contribution >= 0.6 is 27.3 Å². The summed E-state index contributed by atoms with van der Waals surface area (Å²) in [5.74, 6) is -0.0941. The average Bonchev–Trinajstić information content (AvgIpc) is 2.84. The number of thiazole rings is 1. The van der Waals surface area contributed by atoms with Crippen molar-refractivity contribution in [2.24, 2.45) is 7.05 Å². The molecule has 2 aromatic rings. The van der Waals surface area contributed by atoms with Gasteiger partial charge in [0.1, 0.15) is 10.7 Å². The number of rotatable bonds is 3. The predicted molar refractivity (Wildman–Crippen MR) is 66.4 cm³/mol. The van der Waals surface area contributed by atoms with Crippen molar-refractivity contribution in [2.75, 3.05) is 0 Å². The van der Waals surface area contributed by atoms with Crippen molar-refractivity contribution in [3.8, 4) is 0 Å². The van der Waals surface area contributed by atoms with E-state index in [0.717, 1.165) is 9.48 Å². The third-order valence-corrected chi connectivity index (χ3v) is 3.30. The molecule has 0 atom stereocenters. The second-order valence-electron chi connectivity index (χ2n) is 3.26. The van der Waals surface area contributed by atoms with E-state index in [1.54, 1.807) is 16.8 Å². The Balaban J connectivity index is 2.01. The van der Waals surface area contributed by atoms with E-state index in [0.29, 0.717) is 12.2 Å². The molecule has 0 aliphatic rings. The van der Waals surface area contributed by atoms with Gasteiger partial charge >= 0.3 is 0 Å². The van der Waals surface area contributed by atoms with Gasteiger partial charge < -0.3 is 9.88 Å². The molecule has 0 saturated heterocycles. The lowest BCUT2D eigenvalue weighted by molar-refractivity contribution is 0.0943. The van der Waals surface area contributed by atoms with Gasteiger partial charge in [-0.2, -0.15) is 0 Å². The number of nitrogens with zero attached hydrogens (tertiary/aromatic N) is 2. The molecule has 84 valence electrons. The summed E-state index contributed by atoms with van der Waals surface area (Å²) < 4.78 is 2.68. The van der Waals surface area contributed by atoms with Crippen molar-refractivity contribution < 1.29 is 4.79 Å². The number of carbonyl (C=O) groups excluding carboxylic acids is 1. The molecule has 0 aliphatic heterocycles. The predicted octanol–water partition coefficient (Wildman–Crippen LogP) is 2.17. The van der Waals surface area contributed by atoms with Gasteiger partial charge in [0.05, 0.1) is 6.54 Å². The number of amides is 1. The maximum absolute atomic E-state index is 11.8. The summed E-state index contributed by atoms with van der Waals surface area (Å²) in [5.41, 5.74) is 0.628. The van der Waals surface area contributed by atoms with Crippen molar-refractivity contribution >= 4 is 33.2 Å². The van der Waals surface area contributed by atoms with E-state index in [4.69, 9.17) is 0 Å². The van der Waals surface area contributed by atoms with Crippen LogP contribution in [0.3, 0.4) is 0 Å². The number of aryl methyl sites for hydroxylation is 1. The molecule has 2 heterocycles. The Labute approximate surface area is 105 Å². The highest BCUT2D eigenvalue weighted by Gasteiger charge is 2.10. The Morgan fingerprint density at radius 3 is 3.06 bits per heavy atom. The minimum absolute atomic E-state index is 0.0941. The molecule has 4 nitrogen and oxygen atoms in total. The minimum atomic E-state index is -0.0941. The molecule has 1 amide bonds. The van der Waals surface area contributed by atoms with Crippen molar-refractivity contribution in [1.29, 1.82) is 0 Å². The second kappa shape index (κ2) is 4.80. The highest BCUT2D eigenvalue weighted by molar-refractivity contribution is 9.10. The van der Waals surface area contributed by atoms with E-state index < -0.39 is 0 Å². The lowest BCUT2D eigenvalue weighted by Gasteiger charge is -2.03. The van der Waals surface area contributed by atoms with Gasteiger partial charge in [-0.3, -0.25) is 4.79 Å². The van der Waals surface area contributed by atoms with Crippen LogP contribution in [-0.2, 0) is 13.6 Å². The first-order valence-corrected chi connectivity index (χ1v) is 6.32. The van der Waals surface area contributed by atoms with Crippen LogP contribution in [0.4, 0.5) is 0 Å². The van der Waals surface area contributed by atoms with Crippen LogP contribution in [0.25, 0.3) is 0 Å². The van der Waals surface area contributed by atoms with Crippen LogP contribution in [0.15, 0.2) is 28.3 Å². The SMILES string of the molecule is Cn1cc(Br)cc1C(=O)NCc1nccs1. The third kappa shape index (κ3) is 2.51. The van der Waals surface area contributed by atoms with Gasteiger partial charge in [0, 0.05) is 29.3 Å². The molecular formula is C10H10BrN3OS.